The van der Waals surface area contributed by atoms with E-state index < -0.39 is 0 Å². The molecule has 0 saturated heterocycles. The maximum atomic E-state index is 12.1. The molecule has 0 bridgehead atoms. The van der Waals surface area contributed by atoms with E-state index in [0.29, 0.717) is 13.1 Å². The zero-order valence-corrected chi connectivity index (χ0v) is 11.8. The van der Waals surface area contributed by atoms with Gasteiger partial charge in [-0.15, -0.1) is 11.3 Å². The molecule has 0 aliphatic heterocycles. The lowest BCUT2D eigenvalue weighted by molar-refractivity contribution is -0.127. The largest absolute Gasteiger partial charge is 0.395 e. The van der Waals surface area contributed by atoms with Gasteiger partial charge in [0.1, 0.15) is 0 Å². The van der Waals surface area contributed by atoms with Crippen molar-refractivity contribution in [2.75, 3.05) is 13.2 Å². The van der Waals surface area contributed by atoms with Crippen LogP contribution in [0.3, 0.4) is 0 Å². The molecule has 2 aromatic heterocycles. The van der Waals surface area contributed by atoms with Crippen LogP contribution in [0.4, 0.5) is 0 Å². The zero-order valence-electron chi connectivity index (χ0n) is 11.0. The van der Waals surface area contributed by atoms with Crippen molar-refractivity contribution in [3.05, 3.63) is 58.6 Å². The lowest BCUT2D eigenvalue weighted by atomic mass is 10.2. The molecule has 0 fully saturated rings. The number of pyridine rings is 1. The fourth-order valence-corrected chi connectivity index (χ4v) is 2.36. The second kappa shape index (κ2) is 7.57. The summed E-state index contributed by atoms with van der Waals surface area (Å²) in [7, 11) is 0. The summed E-state index contributed by atoms with van der Waals surface area (Å²) in [5.74, 6) is -0.115. The van der Waals surface area contributed by atoms with Crippen LogP contribution in [0.1, 0.15) is 10.4 Å². The van der Waals surface area contributed by atoms with Gasteiger partial charge in [-0.1, -0.05) is 12.1 Å². The minimum Gasteiger partial charge on any atom is -0.395 e. The fraction of sp³-hybridized carbons (Fsp3) is 0.200. The molecule has 5 heteroatoms. The molecule has 2 rings (SSSR count). The second-order valence-electron chi connectivity index (χ2n) is 4.19. The first-order chi connectivity index (χ1) is 9.79. The van der Waals surface area contributed by atoms with Gasteiger partial charge < -0.3 is 10.0 Å². The predicted molar refractivity (Wildman–Crippen MR) is 80.1 cm³/mol. The Morgan fingerprint density at radius 3 is 2.95 bits per heavy atom. The van der Waals surface area contributed by atoms with Gasteiger partial charge in [0.15, 0.2) is 0 Å². The Bertz CT molecular complexity index is 553. The summed E-state index contributed by atoms with van der Waals surface area (Å²) in [4.78, 5) is 18.8. The van der Waals surface area contributed by atoms with Crippen molar-refractivity contribution in [2.45, 2.75) is 6.54 Å². The van der Waals surface area contributed by atoms with Crippen LogP contribution in [0, 0.1) is 0 Å². The molecule has 4 nitrogen and oxygen atoms in total. The molecule has 104 valence electrons. The summed E-state index contributed by atoms with van der Waals surface area (Å²) >= 11 is 1.58. The molecular weight excluding hydrogens is 272 g/mol. The number of aromatic nitrogens is 1. The van der Waals surface area contributed by atoms with E-state index in [1.165, 1.54) is 6.08 Å². The van der Waals surface area contributed by atoms with Gasteiger partial charge in [0, 0.05) is 36.4 Å². The van der Waals surface area contributed by atoms with Crippen molar-refractivity contribution in [2.24, 2.45) is 0 Å². The average Bonchev–Trinajstić information content (AvgIpc) is 2.99. The van der Waals surface area contributed by atoms with Crippen LogP contribution in [0.2, 0.25) is 0 Å². The van der Waals surface area contributed by atoms with Crippen LogP contribution in [0.25, 0.3) is 6.08 Å². The van der Waals surface area contributed by atoms with Gasteiger partial charge in [-0.05, 0) is 29.2 Å². The number of carbonyl (C=O) groups is 1. The van der Waals surface area contributed by atoms with Gasteiger partial charge in [-0.25, -0.2) is 0 Å². The summed E-state index contributed by atoms with van der Waals surface area (Å²) < 4.78 is 0. The zero-order chi connectivity index (χ0) is 14.2. The van der Waals surface area contributed by atoms with E-state index in [4.69, 9.17) is 5.11 Å². The number of nitrogens with zero attached hydrogens (tertiary/aromatic N) is 2. The molecule has 1 amide bonds. The van der Waals surface area contributed by atoms with Crippen molar-refractivity contribution in [1.29, 1.82) is 0 Å². The Labute approximate surface area is 122 Å². The van der Waals surface area contributed by atoms with Gasteiger partial charge in [0.2, 0.25) is 5.91 Å². The number of aliphatic hydroxyl groups is 1. The molecule has 0 saturated carbocycles. The number of hydrogen-bond acceptors (Lipinski definition) is 4. The van der Waals surface area contributed by atoms with E-state index in [9.17, 15) is 4.79 Å². The normalized spacial score (nSPS) is 10.8. The lowest BCUT2D eigenvalue weighted by Crippen LogP contribution is -2.31. The third kappa shape index (κ3) is 4.29. The van der Waals surface area contributed by atoms with E-state index in [-0.39, 0.29) is 12.5 Å². The Morgan fingerprint density at radius 1 is 1.40 bits per heavy atom. The summed E-state index contributed by atoms with van der Waals surface area (Å²) in [6.45, 7) is 0.698. The van der Waals surface area contributed by atoms with Crippen LogP contribution in [0.15, 0.2) is 48.1 Å². The molecule has 1 N–H and O–H groups in total. The minimum atomic E-state index is -0.115. The van der Waals surface area contributed by atoms with Crippen molar-refractivity contribution in [3.8, 4) is 0 Å². The molecular formula is C15H16N2O2S. The summed E-state index contributed by atoms with van der Waals surface area (Å²) in [5, 5.41) is 11.0. The maximum Gasteiger partial charge on any atom is 0.246 e. The van der Waals surface area contributed by atoms with Crippen molar-refractivity contribution in [1.82, 2.24) is 9.88 Å². The van der Waals surface area contributed by atoms with Gasteiger partial charge in [-0.2, -0.15) is 0 Å². The van der Waals surface area contributed by atoms with Crippen molar-refractivity contribution in [3.63, 3.8) is 0 Å². The summed E-state index contributed by atoms with van der Waals surface area (Å²) in [5.41, 5.74) is 0.943. The van der Waals surface area contributed by atoms with E-state index in [0.717, 1.165) is 10.4 Å². The smallest absolute Gasteiger partial charge is 0.246 e. The van der Waals surface area contributed by atoms with E-state index in [1.807, 2.05) is 29.6 Å². The number of thiophene rings is 1. The number of amides is 1. The molecule has 0 aromatic carbocycles. The first-order valence-electron chi connectivity index (χ1n) is 6.30. The summed E-state index contributed by atoms with van der Waals surface area (Å²) in [6, 6.07) is 7.63. The molecule has 0 aliphatic carbocycles. The molecule has 0 aliphatic rings. The highest BCUT2D eigenvalue weighted by Crippen LogP contribution is 2.11. The third-order valence-electron chi connectivity index (χ3n) is 2.71. The molecule has 0 spiro atoms. The molecule has 0 radical (unpaired) electrons. The van der Waals surface area contributed by atoms with E-state index >= 15 is 0 Å². The van der Waals surface area contributed by atoms with Crippen LogP contribution >= 0.6 is 11.3 Å². The highest BCUT2D eigenvalue weighted by Gasteiger charge is 2.10. The Balaban J connectivity index is 2.02. The number of carbonyl (C=O) groups excluding carboxylic acids is 1. The fourth-order valence-electron chi connectivity index (χ4n) is 1.74. The van der Waals surface area contributed by atoms with E-state index in [2.05, 4.69) is 4.98 Å². The van der Waals surface area contributed by atoms with Crippen molar-refractivity contribution < 1.29 is 9.90 Å². The number of aliphatic hydroxyl groups excluding tert-OH is 1. The molecule has 20 heavy (non-hydrogen) atoms. The topological polar surface area (TPSA) is 53.4 Å². The Morgan fingerprint density at radius 2 is 2.30 bits per heavy atom. The van der Waals surface area contributed by atoms with Gasteiger partial charge in [0.05, 0.1) is 6.61 Å². The number of hydrogen-bond donors (Lipinski definition) is 1. The summed E-state index contributed by atoms with van der Waals surface area (Å²) in [6.07, 6.45) is 6.75. The van der Waals surface area contributed by atoms with Crippen LogP contribution < -0.4 is 0 Å². The first-order valence-corrected chi connectivity index (χ1v) is 7.18. The van der Waals surface area contributed by atoms with Crippen LogP contribution in [0.5, 0.6) is 0 Å². The quantitative estimate of drug-likeness (QED) is 0.829. The second-order valence-corrected chi connectivity index (χ2v) is 5.17. The molecule has 2 aromatic rings. The third-order valence-corrected chi connectivity index (χ3v) is 3.55. The standard InChI is InChI=1S/C15H16N2O2S/c18-9-8-17(12-13-3-1-7-16-11-13)15(19)6-5-14-4-2-10-20-14/h1-7,10-11,18H,8-9,12H2/b6-5+. The highest BCUT2D eigenvalue weighted by atomic mass is 32.1. The van der Waals surface area contributed by atoms with Gasteiger partial charge in [0.25, 0.3) is 0 Å². The Hall–Kier alpha value is -1.98. The minimum absolute atomic E-state index is 0.0567. The Kier molecular flexibility index (Phi) is 5.46. The van der Waals surface area contributed by atoms with Crippen LogP contribution in [-0.2, 0) is 11.3 Å². The number of rotatable bonds is 6. The lowest BCUT2D eigenvalue weighted by Gasteiger charge is -2.19. The SMILES string of the molecule is O=C(/C=C/c1cccs1)N(CCO)Cc1cccnc1. The average molecular weight is 288 g/mol. The molecule has 0 atom stereocenters. The van der Waals surface area contributed by atoms with E-state index in [1.54, 1.807) is 34.7 Å². The maximum absolute atomic E-state index is 12.1. The molecule has 0 unspecified atom stereocenters. The van der Waals surface area contributed by atoms with Crippen molar-refractivity contribution >= 4 is 23.3 Å². The monoisotopic (exact) mass is 288 g/mol. The highest BCUT2D eigenvalue weighted by molar-refractivity contribution is 7.10. The van der Waals surface area contributed by atoms with Gasteiger partial charge in [-0.3, -0.25) is 9.78 Å². The predicted octanol–water partition coefficient (Wildman–Crippen LogP) is 2.18. The van der Waals surface area contributed by atoms with Crippen LogP contribution in [-0.4, -0.2) is 34.0 Å². The first kappa shape index (κ1) is 14.4. The molecule has 2 heterocycles. The van der Waals surface area contributed by atoms with Gasteiger partial charge >= 0.3 is 0 Å².